The fraction of sp³-hybridized carbons (Fsp3) is 0.467. The third kappa shape index (κ3) is 2.54. The first-order chi connectivity index (χ1) is 9.75. The van der Waals surface area contributed by atoms with Crippen molar-refractivity contribution in [1.29, 1.82) is 0 Å². The molecule has 5 heteroatoms. The summed E-state index contributed by atoms with van der Waals surface area (Å²) in [5, 5.41) is 0. The minimum atomic E-state index is -0.118. The predicted molar refractivity (Wildman–Crippen MR) is 73.3 cm³/mol. The predicted octanol–water partition coefficient (Wildman–Crippen LogP) is 0.760. The molecule has 5 nitrogen and oxygen atoms in total. The quantitative estimate of drug-likeness (QED) is 0.747. The van der Waals surface area contributed by atoms with E-state index in [0.29, 0.717) is 19.7 Å². The van der Waals surface area contributed by atoms with Crippen molar-refractivity contribution >= 4 is 11.9 Å². The van der Waals surface area contributed by atoms with Crippen LogP contribution in [0.3, 0.4) is 0 Å². The fourth-order valence-electron chi connectivity index (χ4n) is 2.82. The van der Waals surface area contributed by atoms with Crippen LogP contribution in [0.4, 0.5) is 0 Å². The molecule has 2 aliphatic heterocycles. The van der Waals surface area contributed by atoms with Gasteiger partial charge in [-0.05, 0) is 12.1 Å². The molecular formula is C15H18N2O3. The van der Waals surface area contributed by atoms with Gasteiger partial charge < -0.3 is 9.64 Å². The number of nitrogens with zero attached hydrogens (tertiary/aromatic N) is 2. The molecule has 2 saturated heterocycles. The van der Waals surface area contributed by atoms with Gasteiger partial charge >= 0.3 is 5.97 Å². The summed E-state index contributed by atoms with van der Waals surface area (Å²) in [6, 6.07) is 9.21. The van der Waals surface area contributed by atoms with E-state index in [1.165, 1.54) is 0 Å². The fourth-order valence-corrected chi connectivity index (χ4v) is 2.82. The van der Waals surface area contributed by atoms with Gasteiger partial charge in [0, 0.05) is 38.2 Å². The van der Waals surface area contributed by atoms with Crippen LogP contribution in [-0.4, -0.2) is 60.5 Å². The van der Waals surface area contributed by atoms with Gasteiger partial charge in [-0.2, -0.15) is 0 Å². The van der Waals surface area contributed by atoms with Crippen molar-refractivity contribution in [2.24, 2.45) is 0 Å². The maximum absolute atomic E-state index is 12.3. The molecule has 0 spiro atoms. The number of hydrogen-bond acceptors (Lipinski definition) is 4. The van der Waals surface area contributed by atoms with Gasteiger partial charge in [0.15, 0.2) is 0 Å². The molecule has 0 aliphatic carbocycles. The van der Waals surface area contributed by atoms with Crippen LogP contribution in [0.25, 0.3) is 0 Å². The molecule has 0 aromatic heterocycles. The summed E-state index contributed by atoms with van der Waals surface area (Å²) < 4.78 is 5.00. The molecule has 1 aromatic carbocycles. The van der Waals surface area contributed by atoms with Gasteiger partial charge in [-0.15, -0.1) is 0 Å². The van der Waals surface area contributed by atoms with E-state index in [1.54, 1.807) is 0 Å². The van der Waals surface area contributed by atoms with Crippen LogP contribution in [0.15, 0.2) is 30.3 Å². The number of cyclic esters (lactones) is 1. The average Bonchev–Trinajstić information content (AvgIpc) is 2.94. The lowest BCUT2D eigenvalue weighted by atomic mass is 10.1. The molecule has 106 valence electrons. The Kier molecular flexibility index (Phi) is 3.69. The molecule has 0 saturated carbocycles. The van der Waals surface area contributed by atoms with Gasteiger partial charge in [0.25, 0.3) is 5.91 Å². The smallest absolute Gasteiger partial charge is 0.323 e. The van der Waals surface area contributed by atoms with Crippen LogP contribution in [-0.2, 0) is 9.53 Å². The standard InChI is InChI=1S/C15H18N2O3/c18-14(12-4-2-1-3-5-12)17-9-7-16(8-10-17)13-6-11-20-15(13)19/h1-5,13H,6-11H2/t13-/m0/s1. The molecule has 20 heavy (non-hydrogen) atoms. The number of ether oxygens (including phenoxy) is 1. The van der Waals surface area contributed by atoms with Crippen molar-refractivity contribution in [2.75, 3.05) is 32.8 Å². The van der Waals surface area contributed by atoms with Crippen LogP contribution in [0.5, 0.6) is 0 Å². The zero-order valence-corrected chi connectivity index (χ0v) is 11.3. The van der Waals surface area contributed by atoms with Crippen molar-refractivity contribution in [3.8, 4) is 0 Å². The molecule has 0 unspecified atom stereocenters. The molecule has 0 bridgehead atoms. The second-order valence-electron chi connectivity index (χ2n) is 5.17. The third-order valence-electron chi connectivity index (χ3n) is 3.97. The Labute approximate surface area is 118 Å². The van der Waals surface area contributed by atoms with Crippen molar-refractivity contribution in [2.45, 2.75) is 12.5 Å². The number of hydrogen-bond donors (Lipinski definition) is 0. The van der Waals surface area contributed by atoms with Gasteiger partial charge in [-0.3, -0.25) is 14.5 Å². The third-order valence-corrected chi connectivity index (χ3v) is 3.97. The lowest BCUT2D eigenvalue weighted by Gasteiger charge is -2.36. The Morgan fingerprint density at radius 3 is 2.40 bits per heavy atom. The van der Waals surface area contributed by atoms with E-state index in [1.807, 2.05) is 35.2 Å². The highest BCUT2D eigenvalue weighted by molar-refractivity contribution is 5.94. The molecule has 1 atom stereocenters. The minimum absolute atomic E-state index is 0.0687. The largest absolute Gasteiger partial charge is 0.464 e. The molecule has 2 fully saturated rings. The maximum Gasteiger partial charge on any atom is 0.323 e. The molecule has 3 rings (SSSR count). The zero-order chi connectivity index (χ0) is 13.9. The summed E-state index contributed by atoms with van der Waals surface area (Å²) in [6.45, 7) is 3.32. The molecule has 2 aliphatic rings. The number of carbonyl (C=O) groups excluding carboxylic acids is 2. The second-order valence-corrected chi connectivity index (χ2v) is 5.17. The number of piperazine rings is 1. The summed E-state index contributed by atoms with van der Waals surface area (Å²) in [7, 11) is 0. The average molecular weight is 274 g/mol. The molecule has 1 amide bonds. The van der Waals surface area contributed by atoms with Gasteiger partial charge in [0.2, 0.25) is 0 Å². The zero-order valence-electron chi connectivity index (χ0n) is 11.3. The topological polar surface area (TPSA) is 49.9 Å². The summed E-state index contributed by atoms with van der Waals surface area (Å²) >= 11 is 0. The number of esters is 1. The van der Waals surface area contributed by atoms with Crippen LogP contribution >= 0.6 is 0 Å². The highest BCUT2D eigenvalue weighted by Crippen LogP contribution is 2.17. The minimum Gasteiger partial charge on any atom is -0.464 e. The lowest BCUT2D eigenvalue weighted by molar-refractivity contribution is -0.142. The first-order valence-electron chi connectivity index (χ1n) is 7.01. The van der Waals surface area contributed by atoms with Crippen LogP contribution < -0.4 is 0 Å². The van der Waals surface area contributed by atoms with E-state index >= 15 is 0 Å². The van der Waals surface area contributed by atoms with E-state index in [9.17, 15) is 9.59 Å². The van der Waals surface area contributed by atoms with Crippen LogP contribution in [0.2, 0.25) is 0 Å². The van der Waals surface area contributed by atoms with Crippen LogP contribution in [0.1, 0.15) is 16.8 Å². The Morgan fingerprint density at radius 1 is 1.10 bits per heavy atom. The number of amides is 1. The Bertz CT molecular complexity index is 495. The summed E-state index contributed by atoms with van der Waals surface area (Å²) in [4.78, 5) is 27.9. The van der Waals surface area contributed by atoms with Gasteiger partial charge in [-0.25, -0.2) is 0 Å². The normalized spacial score (nSPS) is 23.7. The first kappa shape index (κ1) is 13.1. The van der Waals surface area contributed by atoms with Crippen LogP contribution in [0, 0.1) is 0 Å². The second kappa shape index (κ2) is 5.63. The first-order valence-corrected chi connectivity index (χ1v) is 7.01. The lowest BCUT2D eigenvalue weighted by Crippen LogP contribution is -2.53. The Hall–Kier alpha value is -1.88. The van der Waals surface area contributed by atoms with Gasteiger partial charge in [0.05, 0.1) is 6.61 Å². The highest BCUT2D eigenvalue weighted by atomic mass is 16.5. The molecular weight excluding hydrogens is 256 g/mol. The summed E-state index contributed by atoms with van der Waals surface area (Å²) in [6.07, 6.45) is 0.769. The number of rotatable bonds is 2. The van der Waals surface area contributed by atoms with Crippen molar-refractivity contribution in [3.05, 3.63) is 35.9 Å². The summed E-state index contributed by atoms with van der Waals surface area (Å²) in [5.41, 5.74) is 0.723. The molecule has 2 heterocycles. The number of carbonyl (C=O) groups is 2. The van der Waals surface area contributed by atoms with Gasteiger partial charge in [0.1, 0.15) is 6.04 Å². The van der Waals surface area contributed by atoms with E-state index in [4.69, 9.17) is 4.74 Å². The van der Waals surface area contributed by atoms with Gasteiger partial charge in [-0.1, -0.05) is 18.2 Å². The maximum atomic E-state index is 12.3. The highest BCUT2D eigenvalue weighted by Gasteiger charge is 2.34. The molecule has 0 radical (unpaired) electrons. The molecule has 1 aromatic rings. The van der Waals surface area contributed by atoms with Crippen molar-refractivity contribution < 1.29 is 14.3 Å². The molecule has 0 N–H and O–H groups in total. The van der Waals surface area contributed by atoms with Crippen molar-refractivity contribution in [1.82, 2.24) is 9.80 Å². The Balaban J connectivity index is 1.58. The van der Waals surface area contributed by atoms with E-state index in [-0.39, 0.29) is 17.9 Å². The number of benzene rings is 1. The Morgan fingerprint density at radius 2 is 1.80 bits per heavy atom. The van der Waals surface area contributed by atoms with E-state index in [0.717, 1.165) is 25.1 Å². The SMILES string of the molecule is O=C1OCC[C@@H]1N1CCN(C(=O)c2ccccc2)CC1. The summed E-state index contributed by atoms with van der Waals surface area (Å²) in [5.74, 6) is -0.0490. The van der Waals surface area contributed by atoms with E-state index in [2.05, 4.69) is 4.90 Å². The van der Waals surface area contributed by atoms with Crippen molar-refractivity contribution in [3.63, 3.8) is 0 Å². The van der Waals surface area contributed by atoms with E-state index < -0.39 is 0 Å². The monoisotopic (exact) mass is 274 g/mol.